The highest BCUT2D eigenvalue weighted by atomic mass is 32.2. The summed E-state index contributed by atoms with van der Waals surface area (Å²) in [4.78, 5) is 3.15. The molecule has 2 aliphatic rings. The minimum atomic E-state index is -4.91. The Balaban J connectivity index is 1.62. The highest BCUT2D eigenvalue weighted by Crippen LogP contribution is 2.42. The number of benzene rings is 1. The van der Waals surface area contributed by atoms with Crippen LogP contribution in [-0.2, 0) is 24.1 Å². The van der Waals surface area contributed by atoms with Crippen LogP contribution >= 0.6 is 0 Å². The van der Waals surface area contributed by atoms with E-state index < -0.39 is 52.2 Å². The molecule has 1 atom stereocenters. The molecule has 2 aromatic heterocycles. The minimum absolute atomic E-state index is 0.0851. The van der Waals surface area contributed by atoms with E-state index >= 15 is 4.39 Å². The Labute approximate surface area is 188 Å². The van der Waals surface area contributed by atoms with E-state index in [0.29, 0.717) is 28.7 Å². The third-order valence-corrected chi connectivity index (χ3v) is 7.60. The SMILES string of the molecule is [O-][S+](NCc1cn(C2CC(F)C2)c2cc(-c3cc(F)cnc3C(F)(F)F)c(F)cc12)C1CC1. The summed E-state index contributed by atoms with van der Waals surface area (Å²) in [5, 5.41) is 0.499. The number of alkyl halides is 4. The first kappa shape index (κ1) is 22.5. The van der Waals surface area contributed by atoms with Crippen molar-refractivity contribution in [2.45, 2.75) is 55.9 Å². The summed E-state index contributed by atoms with van der Waals surface area (Å²) in [6.45, 7) is 0.159. The Kier molecular flexibility index (Phi) is 5.61. The van der Waals surface area contributed by atoms with Gasteiger partial charge in [0.15, 0.2) is 5.69 Å². The van der Waals surface area contributed by atoms with E-state index in [4.69, 9.17) is 0 Å². The average Bonchev–Trinajstić information content (AvgIpc) is 3.51. The Morgan fingerprint density at radius 1 is 1.12 bits per heavy atom. The van der Waals surface area contributed by atoms with Crippen LogP contribution in [0.15, 0.2) is 30.6 Å². The van der Waals surface area contributed by atoms with Crippen LogP contribution in [0.4, 0.5) is 26.3 Å². The Morgan fingerprint density at radius 2 is 1.85 bits per heavy atom. The van der Waals surface area contributed by atoms with E-state index in [1.54, 1.807) is 10.8 Å². The van der Waals surface area contributed by atoms with Gasteiger partial charge < -0.3 is 9.12 Å². The normalized spacial score (nSPS) is 21.9. The molecule has 4 nitrogen and oxygen atoms in total. The summed E-state index contributed by atoms with van der Waals surface area (Å²) in [7, 11) is 0. The van der Waals surface area contributed by atoms with E-state index in [-0.39, 0.29) is 30.7 Å². The molecule has 1 aromatic carbocycles. The first-order chi connectivity index (χ1) is 15.6. The number of halogens is 6. The average molecular weight is 487 g/mol. The molecular weight excluding hydrogens is 468 g/mol. The fraction of sp³-hybridized carbons (Fsp3) is 0.409. The molecule has 2 aliphatic carbocycles. The number of nitrogens with zero attached hydrogens (tertiary/aromatic N) is 2. The molecule has 0 saturated heterocycles. The Morgan fingerprint density at radius 3 is 2.48 bits per heavy atom. The van der Waals surface area contributed by atoms with Crippen LogP contribution in [-0.4, -0.2) is 25.5 Å². The molecular formula is C22H19F6N3OS. The van der Waals surface area contributed by atoms with Gasteiger partial charge in [-0.3, -0.25) is 0 Å². The van der Waals surface area contributed by atoms with Gasteiger partial charge in [0, 0.05) is 58.5 Å². The first-order valence-corrected chi connectivity index (χ1v) is 11.7. The highest BCUT2D eigenvalue weighted by Gasteiger charge is 2.38. The predicted molar refractivity (Wildman–Crippen MR) is 111 cm³/mol. The van der Waals surface area contributed by atoms with Gasteiger partial charge in [0.25, 0.3) is 0 Å². The monoisotopic (exact) mass is 487 g/mol. The lowest BCUT2D eigenvalue weighted by Gasteiger charge is -2.31. The van der Waals surface area contributed by atoms with Crippen LogP contribution < -0.4 is 4.72 Å². The zero-order valence-corrected chi connectivity index (χ0v) is 17.9. The summed E-state index contributed by atoms with van der Waals surface area (Å²) in [6.07, 6.45) is -1.59. The first-order valence-electron chi connectivity index (χ1n) is 10.5. The van der Waals surface area contributed by atoms with Gasteiger partial charge in [0.2, 0.25) is 0 Å². The Bertz CT molecular complexity index is 1200. The molecule has 3 aromatic rings. The zero-order chi connectivity index (χ0) is 23.5. The van der Waals surface area contributed by atoms with Crippen molar-refractivity contribution in [3.05, 3.63) is 53.5 Å². The molecule has 33 heavy (non-hydrogen) atoms. The molecule has 2 saturated carbocycles. The fourth-order valence-corrected chi connectivity index (χ4v) is 5.25. The molecule has 11 heteroatoms. The number of rotatable bonds is 6. The summed E-state index contributed by atoms with van der Waals surface area (Å²) in [5.74, 6) is -2.00. The van der Waals surface area contributed by atoms with Gasteiger partial charge in [-0.1, -0.05) is 0 Å². The molecule has 0 spiro atoms. The molecule has 2 fully saturated rings. The topological polar surface area (TPSA) is 52.9 Å². The predicted octanol–water partition coefficient (Wildman–Crippen LogP) is 5.59. The van der Waals surface area contributed by atoms with Crippen LogP contribution in [0.1, 0.15) is 43.0 Å². The number of hydrogen-bond donors (Lipinski definition) is 1. The lowest BCUT2D eigenvalue weighted by molar-refractivity contribution is -0.140. The lowest BCUT2D eigenvalue weighted by atomic mass is 9.90. The molecule has 5 rings (SSSR count). The molecule has 176 valence electrons. The Hall–Kier alpha value is -2.24. The maximum atomic E-state index is 15.1. The van der Waals surface area contributed by atoms with Crippen molar-refractivity contribution in [3.8, 4) is 11.1 Å². The molecule has 2 heterocycles. The number of pyridine rings is 1. The van der Waals surface area contributed by atoms with Crippen molar-refractivity contribution in [1.29, 1.82) is 0 Å². The number of aromatic nitrogens is 2. The summed E-state index contributed by atoms with van der Waals surface area (Å²) < 4.78 is 99.7. The number of fused-ring (bicyclic) bond motifs is 1. The van der Waals surface area contributed by atoms with Crippen molar-refractivity contribution in [2.75, 3.05) is 0 Å². The maximum Gasteiger partial charge on any atom is 0.433 e. The standard InChI is InChI=1S/C22H19F6N3OS/c23-12-3-14(4-12)31-10-11(8-30-33(32)15-1-2-15)16-6-19(25)17(7-20(16)31)18-5-13(24)9-29-21(18)22(26,27)28/h5-7,9-10,12,14-15,30H,1-4,8H2. The zero-order valence-electron chi connectivity index (χ0n) is 17.1. The second kappa shape index (κ2) is 8.21. The smallest absolute Gasteiger partial charge is 0.433 e. The van der Waals surface area contributed by atoms with E-state index in [2.05, 4.69) is 9.71 Å². The maximum absolute atomic E-state index is 15.1. The molecule has 0 aliphatic heterocycles. The number of nitrogens with one attached hydrogen (secondary N) is 1. The van der Waals surface area contributed by atoms with Gasteiger partial charge in [-0.25, -0.2) is 18.2 Å². The van der Waals surface area contributed by atoms with Gasteiger partial charge in [-0.15, -0.1) is 4.72 Å². The second-order valence-corrected chi connectivity index (χ2v) is 10.0. The largest absolute Gasteiger partial charge is 0.598 e. The van der Waals surface area contributed by atoms with Crippen LogP contribution in [0, 0.1) is 11.6 Å². The van der Waals surface area contributed by atoms with Gasteiger partial charge in [-0.2, -0.15) is 13.2 Å². The van der Waals surface area contributed by atoms with Crippen molar-refractivity contribution < 1.29 is 30.9 Å². The third kappa shape index (κ3) is 4.33. The molecule has 0 radical (unpaired) electrons. The van der Waals surface area contributed by atoms with E-state index in [1.807, 2.05) is 0 Å². The molecule has 1 unspecified atom stereocenters. The van der Waals surface area contributed by atoms with Crippen molar-refractivity contribution in [1.82, 2.24) is 14.3 Å². The lowest BCUT2D eigenvalue weighted by Crippen LogP contribution is -2.28. The van der Waals surface area contributed by atoms with Crippen LogP contribution in [0.3, 0.4) is 0 Å². The highest BCUT2D eigenvalue weighted by molar-refractivity contribution is 7.90. The third-order valence-electron chi connectivity index (χ3n) is 6.10. The van der Waals surface area contributed by atoms with Crippen LogP contribution in [0.2, 0.25) is 0 Å². The van der Waals surface area contributed by atoms with Crippen LogP contribution in [0.5, 0.6) is 0 Å². The van der Waals surface area contributed by atoms with E-state index in [9.17, 15) is 26.5 Å². The van der Waals surface area contributed by atoms with Gasteiger partial charge in [0.1, 0.15) is 23.1 Å². The molecule has 0 bridgehead atoms. The quantitative estimate of drug-likeness (QED) is 0.364. The van der Waals surface area contributed by atoms with Crippen LogP contribution in [0.25, 0.3) is 22.0 Å². The fourth-order valence-electron chi connectivity index (χ4n) is 4.16. The minimum Gasteiger partial charge on any atom is -0.598 e. The van der Waals surface area contributed by atoms with Crippen molar-refractivity contribution >= 4 is 22.3 Å². The summed E-state index contributed by atoms with van der Waals surface area (Å²) >= 11 is -1.24. The molecule has 0 amide bonds. The number of hydrogen-bond acceptors (Lipinski definition) is 3. The van der Waals surface area contributed by atoms with Crippen molar-refractivity contribution in [3.63, 3.8) is 0 Å². The summed E-state index contributed by atoms with van der Waals surface area (Å²) in [6, 6.07) is 2.68. The van der Waals surface area contributed by atoms with Gasteiger partial charge >= 0.3 is 6.18 Å². The second-order valence-electron chi connectivity index (χ2n) is 8.50. The van der Waals surface area contributed by atoms with Gasteiger partial charge in [-0.05, 0) is 36.6 Å². The van der Waals surface area contributed by atoms with E-state index in [1.165, 1.54) is 6.07 Å². The summed E-state index contributed by atoms with van der Waals surface area (Å²) in [5.41, 5.74) is -1.55. The van der Waals surface area contributed by atoms with E-state index in [0.717, 1.165) is 18.9 Å². The van der Waals surface area contributed by atoms with Gasteiger partial charge in [0.05, 0.1) is 12.7 Å². The van der Waals surface area contributed by atoms with Crippen molar-refractivity contribution in [2.24, 2.45) is 0 Å². The molecule has 1 N–H and O–H groups in total.